The second kappa shape index (κ2) is 7.51. The lowest BCUT2D eigenvalue weighted by Gasteiger charge is -2.29. The molecule has 2 unspecified atom stereocenters. The highest BCUT2D eigenvalue weighted by molar-refractivity contribution is 5.37. The highest BCUT2D eigenvalue weighted by atomic mass is 16.5. The van der Waals surface area contributed by atoms with Gasteiger partial charge in [0, 0.05) is 19.8 Å². The molecule has 1 aromatic carbocycles. The predicted molar refractivity (Wildman–Crippen MR) is 77.9 cm³/mol. The van der Waals surface area contributed by atoms with Gasteiger partial charge < -0.3 is 14.8 Å². The first-order chi connectivity index (χ1) is 9.35. The molecule has 1 aliphatic rings. The molecule has 0 saturated carbocycles. The summed E-state index contributed by atoms with van der Waals surface area (Å²) in [4.78, 5) is 0. The van der Waals surface area contributed by atoms with E-state index in [0.29, 0.717) is 12.0 Å². The Morgan fingerprint density at radius 1 is 1.42 bits per heavy atom. The van der Waals surface area contributed by atoms with Gasteiger partial charge >= 0.3 is 0 Å². The topological polar surface area (TPSA) is 30.5 Å². The molecule has 0 aromatic heterocycles. The second-order valence-electron chi connectivity index (χ2n) is 5.14. The van der Waals surface area contributed by atoms with Crippen molar-refractivity contribution < 1.29 is 9.47 Å². The third-order valence-electron chi connectivity index (χ3n) is 3.81. The highest BCUT2D eigenvalue weighted by Crippen LogP contribution is 2.36. The minimum Gasteiger partial charge on any atom is -0.493 e. The summed E-state index contributed by atoms with van der Waals surface area (Å²) in [6.45, 7) is 4.84. The first-order valence-corrected chi connectivity index (χ1v) is 7.29. The van der Waals surface area contributed by atoms with Crippen LogP contribution in [0.15, 0.2) is 24.3 Å². The van der Waals surface area contributed by atoms with Crippen molar-refractivity contribution >= 4 is 0 Å². The molecule has 0 fully saturated rings. The number of hydrogen-bond acceptors (Lipinski definition) is 3. The van der Waals surface area contributed by atoms with Gasteiger partial charge in [0.1, 0.15) is 5.75 Å². The number of hydrogen-bond donors (Lipinski definition) is 1. The third-order valence-corrected chi connectivity index (χ3v) is 3.81. The highest BCUT2D eigenvalue weighted by Gasteiger charge is 2.23. The van der Waals surface area contributed by atoms with Crippen LogP contribution in [0.2, 0.25) is 0 Å². The fraction of sp³-hybridized carbons (Fsp3) is 0.625. The fourth-order valence-corrected chi connectivity index (χ4v) is 2.86. The van der Waals surface area contributed by atoms with Crippen LogP contribution >= 0.6 is 0 Å². The number of para-hydroxylation sites is 1. The molecule has 0 radical (unpaired) electrons. The zero-order chi connectivity index (χ0) is 13.5. The molecule has 0 aliphatic carbocycles. The average molecular weight is 263 g/mol. The molecule has 106 valence electrons. The lowest BCUT2D eigenvalue weighted by molar-refractivity contribution is 0.176. The van der Waals surface area contributed by atoms with Crippen LogP contribution in [0.3, 0.4) is 0 Å². The van der Waals surface area contributed by atoms with E-state index in [0.717, 1.165) is 44.8 Å². The van der Waals surface area contributed by atoms with E-state index in [-0.39, 0.29) is 0 Å². The molecule has 0 spiro atoms. The van der Waals surface area contributed by atoms with E-state index in [4.69, 9.17) is 9.47 Å². The second-order valence-corrected chi connectivity index (χ2v) is 5.14. The minimum absolute atomic E-state index is 0.529. The molecule has 2 atom stereocenters. The average Bonchev–Trinajstić information content (AvgIpc) is 2.45. The van der Waals surface area contributed by atoms with Crippen LogP contribution in [-0.2, 0) is 4.74 Å². The van der Waals surface area contributed by atoms with Crippen LogP contribution in [0.5, 0.6) is 5.75 Å². The first-order valence-electron chi connectivity index (χ1n) is 7.29. The smallest absolute Gasteiger partial charge is 0.122 e. The monoisotopic (exact) mass is 263 g/mol. The van der Waals surface area contributed by atoms with Gasteiger partial charge in [-0.2, -0.15) is 0 Å². The molecule has 3 nitrogen and oxygen atoms in total. The molecular weight excluding hydrogens is 238 g/mol. The molecule has 0 bridgehead atoms. The summed E-state index contributed by atoms with van der Waals surface area (Å²) >= 11 is 0. The lowest BCUT2D eigenvalue weighted by Crippen LogP contribution is -2.32. The van der Waals surface area contributed by atoms with Crippen molar-refractivity contribution in [3.63, 3.8) is 0 Å². The molecule has 3 heteroatoms. The van der Waals surface area contributed by atoms with E-state index >= 15 is 0 Å². The minimum atomic E-state index is 0.529. The van der Waals surface area contributed by atoms with E-state index in [2.05, 4.69) is 30.4 Å². The van der Waals surface area contributed by atoms with E-state index in [1.807, 2.05) is 6.07 Å². The Kier molecular flexibility index (Phi) is 5.67. The Hall–Kier alpha value is -1.06. The van der Waals surface area contributed by atoms with Crippen molar-refractivity contribution in [2.45, 2.75) is 38.1 Å². The maximum atomic E-state index is 5.73. The van der Waals surface area contributed by atoms with Gasteiger partial charge in [-0.1, -0.05) is 25.1 Å². The molecule has 1 N–H and O–H groups in total. The maximum absolute atomic E-state index is 5.73. The van der Waals surface area contributed by atoms with Crippen molar-refractivity contribution in [1.82, 2.24) is 5.32 Å². The van der Waals surface area contributed by atoms with E-state index in [1.54, 1.807) is 7.11 Å². The van der Waals surface area contributed by atoms with Gasteiger partial charge in [-0.3, -0.25) is 0 Å². The molecule has 1 aromatic rings. The Labute approximate surface area is 116 Å². The number of ether oxygens (including phenoxy) is 2. The largest absolute Gasteiger partial charge is 0.493 e. The molecule has 2 rings (SSSR count). The summed E-state index contributed by atoms with van der Waals surface area (Å²) in [5.41, 5.74) is 1.37. The molecule has 1 aliphatic heterocycles. The zero-order valence-electron chi connectivity index (χ0n) is 12.0. The van der Waals surface area contributed by atoms with Gasteiger partial charge in [0.2, 0.25) is 0 Å². The van der Waals surface area contributed by atoms with Gasteiger partial charge in [-0.25, -0.2) is 0 Å². The standard InChI is InChI=1S/C16H25NO2/c1-3-17-14(9-10-18-2)12-13-8-11-19-16-7-5-4-6-15(13)16/h4-7,13-14,17H,3,8-12H2,1-2H3. The predicted octanol–water partition coefficient (Wildman–Crippen LogP) is 2.96. The number of nitrogens with one attached hydrogen (secondary N) is 1. The first kappa shape index (κ1) is 14.4. The lowest BCUT2D eigenvalue weighted by atomic mass is 9.86. The number of rotatable bonds is 7. The summed E-state index contributed by atoms with van der Waals surface area (Å²) in [7, 11) is 1.77. The van der Waals surface area contributed by atoms with Crippen LogP contribution in [-0.4, -0.2) is 32.9 Å². The Morgan fingerprint density at radius 2 is 2.26 bits per heavy atom. The SMILES string of the molecule is CCNC(CCOC)CC1CCOc2ccccc21. The molecule has 0 saturated heterocycles. The van der Waals surface area contributed by atoms with Crippen molar-refractivity contribution in [3.05, 3.63) is 29.8 Å². The van der Waals surface area contributed by atoms with Crippen LogP contribution < -0.4 is 10.1 Å². The summed E-state index contributed by atoms with van der Waals surface area (Å²) in [6, 6.07) is 8.98. The number of methoxy groups -OCH3 is 1. The Morgan fingerprint density at radius 3 is 3.05 bits per heavy atom. The van der Waals surface area contributed by atoms with Gasteiger partial charge in [-0.15, -0.1) is 0 Å². The fourth-order valence-electron chi connectivity index (χ4n) is 2.86. The van der Waals surface area contributed by atoms with Gasteiger partial charge in [-0.05, 0) is 43.4 Å². The van der Waals surface area contributed by atoms with Crippen LogP contribution in [0.1, 0.15) is 37.7 Å². The number of benzene rings is 1. The third kappa shape index (κ3) is 3.95. The van der Waals surface area contributed by atoms with Crippen molar-refractivity contribution in [2.75, 3.05) is 26.9 Å². The maximum Gasteiger partial charge on any atom is 0.122 e. The zero-order valence-corrected chi connectivity index (χ0v) is 12.0. The van der Waals surface area contributed by atoms with E-state index in [1.165, 1.54) is 5.56 Å². The molecule has 0 amide bonds. The van der Waals surface area contributed by atoms with Crippen LogP contribution in [0, 0.1) is 0 Å². The van der Waals surface area contributed by atoms with Gasteiger partial charge in [0.15, 0.2) is 0 Å². The molecule has 1 heterocycles. The van der Waals surface area contributed by atoms with Gasteiger partial charge in [0.25, 0.3) is 0 Å². The van der Waals surface area contributed by atoms with E-state index < -0.39 is 0 Å². The Balaban J connectivity index is 2.01. The quantitative estimate of drug-likeness (QED) is 0.820. The normalized spacial score (nSPS) is 19.6. The van der Waals surface area contributed by atoms with Crippen LogP contribution in [0.4, 0.5) is 0 Å². The number of fused-ring (bicyclic) bond motifs is 1. The Bertz CT molecular complexity index is 381. The van der Waals surface area contributed by atoms with Crippen molar-refractivity contribution in [1.29, 1.82) is 0 Å². The van der Waals surface area contributed by atoms with Gasteiger partial charge in [0.05, 0.1) is 6.61 Å². The van der Waals surface area contributed by atoms with Crippen molar-refractivity contribution in [3.8, 4) is 5.75 Å². The molecule has 19 heavy (non-hydrogen) atoms. The van der Waals surface area contributed by atoms with Crippen LogP contribution in [0.25, 0.3) is 0 Å². The summed E-state index contributed by atoms with van der Waals surface area (Å²) < 4.78 is 10.9. The van der Waals surface area contributed by atoms with Crippen molar-refractivity contribution in [2.24, 2.45) is 0 Å². The molecular formula is C16H25NO2. The van der Waals surface area contributed by atoms with E-state index in [9.17, 15) is 0 Å². The summed E-state index contributed by atoms with van der Waals surface area (Å²) in [5, 5.41) is 3.57. The summed E-state index contributed by atoms with van der Waals surface area (Å²) in [6.07, 6.45) is 3.35. The summed E-state index contributed by atoms with van der Waals surface area (Å²) in [5.74, 6) is 1.67.